The van der Waals surface area contributed by atoms with Crippen molar-refractivity contribution in [2.45, 2.75) is 19.3 Å². The number of hydroxylamine groups is 1. The molecule has 0 radical (unpaired) electrons. The predicted octanol–water partition coefficient (Wildman–Crippen LogP) is 3.63. The Kier molecular flexibility index (Phi) is 4.48. The van der Waals surface area contributed by atoms with Gasteiger partial charge in [0.05, 0.1) is 0 Å². The van der Waals surface area contributed by atoms with Crippen LogP contribution in [0.4, 0.5) is 5.88 Å². The predicted molar refractivity (Wildman–Crippen MR) is 101 cm³/mol. The zero-order valence-electron chi connectivity index (χ0n) is 14.0. The molecular weight excluding hydrogens is 352 g/mol. The van der Waals surface area contributed by atoms with Crippen molar-refractivity contribution >= 4 is 33.4 Å². The lowest BCUT2D eigenvalue weighted by molar-refractivity contribution is 0.0706. The van der Waals surface area contributed by atoms with Gasteiger partial charge in [-0.3, -0.25) is 14.8 Å². The van der Waals surface area contributed by atoms with Gasteiger partial charge in [0.15, 0.2) is 11.5 Å². The summed E-state index contributed by atoms with van der Waals surface area (Å²) in [7, 11) is 0. The average Bonchev–Trinajstić information content (AvgIpc) is 3.13. The number of thiophene rings is 1. The summed E-state index contributed by atoms with van der Waals surface area (Å²) in [6.07, 6.45) is 3.42. The lowest BCUT2D eigenvalue weighted by Crippen LogP contribution is -2.29. The highest BCUT2D eigenvalue weighted by molar-refractivity contribution is 7.17. The van der Waals surface area contributed by atoms with Crippen LogP contribution in [0.15, 0.2) is 44.9 Å². The molecule has 2 aromatic heterocycles. The minimum Gasteiger partial charge on any atom is -0.439 e. The minimum absolute atomic E-state index is 0.0284. The van der Waals surface area contributed by atoms with Gasteiger partial charge < -0.3 is 9.32 Å². The highest BCUT2D eigenvalue weighted by atomic mass is 32.1. The summed E-state index contributed by atoms with van der Waals surface area (Å²) in [6, 6.07) is 8.38. The highest BCUT2D eigenvalue weighted by Crippen LogP contribution is 2.35. The summed E-state index contributed by atoms with van der Waals surface area (Å²) >= 11 is 1.36. The number of anilines is 1. The first-order valence-electron chi connectivity index (χ1n) is 8.52. The van der Waals surface area contributed by atoms with Crippen LogP contribution in [0.1, 0.15) is 29.6 Å². The van der Waals surface area contributed by atoms with Gasteiger partial charge in [0.2, 0.25) is 5.43 Å². The van der Waals surface area contributed by atoms with Crippen LogP contribution >= 0.6 is 11.3 Å². The topological polar surface area (TPSA) is 82.8 Å². The zero-order valence-corrected chi connectivity index (χ0v) is 14.8. The van der Waals surface area contributed by atoms with Crippen LogP contribution in [0.25, 0.3) is 21.4 Å². The van der Waals surface area contributed by atoms with Crippen molar-refractivity contribution in [2.24, 2.45) is 0 Å². The van der Waals surface area contributed by atoms with E-state index in [4.69, 9.17) is 9.62 Å². The lowest BCUT2D eigenvalue weighted by Gasteiger charge is -2.26. The molecule has 0 bridgehead atoms. The van der Waals surface area contributed by atoms with Gasteiger partial charge >= 0.3 is 0 Å². The first-order chi connectivity index (χ1) is 12.7. The van der Waals surface area contributed by atoms with E-state index < -0.39 is 5.91 Å². The molecule has 6 nitrogen and oxygen atoms in total. The Balaban J connectivity index is 1.77. The van der Waals surface area contributed by atoms with Crippen LogP contribution in [-0.2, 0) is 0 Å². The summed E-state index contributed by atoms with van der Waals surface area (Å²) in [5.41, 5.74) is 4.21. The van der Waals surface area contributed by atoms with Crippen molar-refractivity contribution in [2.75, 3.05) is 18.0 Å². The Morgan fingerprint density at radius 1 is 1.15 bits per heavy atom. The number of benzene rings is 1. The van der Waals surface area contributed by atoms with Gasteiger partial charge in [-0.15, -0.1) is 11.3 Å². The molecule has 4 rings (SSSR count). The number of fused-ring (bicyclic) bond motifs is 1. The Morgan fingerprint density at radius 3 is 2.58 bits per heavy atom. The summed E-state index contributed by atoms with van der Waals surface area (Å²) in [5, 5.41) is 10.6. The molecule has 7 heteroatoms. The number of carbonyl (C=O) groups excluding carboxylic acids is 1. The van der Waals surface area contributed by atoms with Crippen molar-refractivity contribution in [1.29, 1.82) is 0 Å². The van der Waals surface area contributed by atoms with Gasteiger partial charge in [-0.05, 0) is 37.0 Å². The number of carbonyl (C=O) groups is 1. The zero-order chi connectivity index (χ0) is 18.1. The van der Waals surface area contributed by atoms with Crippen molar-refractivity contribution in [3.63, 3.8) is 0 Å². The molecule has 0 atom stereocenters. The Hall–Kier alpha value is -2.64. The van der Waals surface area contributed by atoms with E-state index in [0.29, 0.717) is 21.7 Å². The van der Waals surface area contributed by atoms with Crippen LogP contribution < -0.4 is 15.8 Å². The number of nitrogens with one attached hydrogen (secondary N) is 1. The molecule has 3 heterocycles. The summed E-state index contributed by atoms with van der Waals surface area (Å²) in [5.74, 6) is 0.0590. The molecule has 1 saturated heterocycles. The number of hydrogen-bond acceptors (Lipinski definition) is 6. The molecule has 2 N–H and O–H groups in total. The first kappa shape index (κ1) is 16.8. The normalized spacial score (nSPS) is 14.6. The third-order valence-corrected chi connectivity index (χ3v) is 5.63. The SMILES string of the molecule is O=C(NO)c1ccc(-c2csc3c(=O)cc(N4CCCCC4)oc23)cc1. The van der Waals surface area contributed by atoms with E-state index in [1.54, 1.807) is 35.8 Å². The van der Waals surface area contributed by atoms with Gasteiger partial charge in [0.1, 0.15) is 4.70 Å². The monoisotopic (exact) mass is 370 g/mol. The maximum atomic E-state index is 12.5. The molecule has 0 saturated carbocycles. The van der Waals surface area contributed by atoms with Crippen molar-refractivity contribution in [1.82, 2.24) is 5.48 Å². The van der Waals surface area contributed by atoms with Crippen molar-refractivity contribution in [3.05, 3.63) is 51.5 Å². The Morgan fingerprint density at radius 2 is 1.88 bits per heavy atom. The molecule has 0 unspecified atom stereocenters. The van der Waals surface area contributed by atoms with Crippen LogP contribution in [0.2, 0.25) is 0 Å². The highest BCUT2D eigenvalue weighted by Gasteiger charge is 2.18. The van der Waals surface area contributed by atoms with Gasteiger partial charge in [-0.1, -0.05) is 12.1 Å². The molecule has 1 fully saturated rings. The molecule has 0 spiro atoms. The third-order valence-electron chi connectivity index (χ3n) is 4.66. The van der Waals surface area contributed by atoms with E-state index in [9.17, 15) is 9.59 Å². The van der Waals surface area contributed by atoms with Gasteiger partial charge in [-0.2, -0.15) is 0 Å². The molecule has 1 aliphatic heterocycles. The van der Waals surface area contributed by atoms with E-state index in [1.165, 1.54) is 17.8 Å². The van der Waals surface area contributed by atoms with Crippen LogP contribution in [0.5, 0.6) is 0 Å². The number of piperidine rings is 1. The Labute approximate surface area is 153 Å². The fourth-order valence-electron chi connectivity index (χ4n) is 3.27. The number of rotatable bonds is 3. The standard InChI is InChI=1S/C19H18N2O4S/c22-15-10-16(21-8-2-1-3-9-21)25-17-14(11-26-18(15)17)12-4-6-13(7-5-12)19(23)20-24/h4-7,10-11,24H,1-3,8-9H2,(H,20,23). The fourth-order valence-corrected chi connectivity index (χ4v) is 4.18. The number of hydrogen-bond donors (Lipinski definition) is 2. The molecule has 1 aromatic carbocycles. The van der Waals surface area contributed by atoms with E-state index in [0.717, 1.165) is 37.1 Å². The lowest BCUT2D eigenvalue weighted by atomic mass is 10.1. The molecule has 1 aliphatic rings. The molecule has 26 heavy (non-hydrogen) atoms. The van der Waals surface area contributed by atoms with Gasteiger partial charge in [0, 0.05) is 35.7 Å². The van der Waals surface area contributed by atoms with Gasteiger partial charge in [0.25, 0.3) is 5.91 Å². The maximum absolute atomic E-state index is 12.5. The second-order valence-corrected chi connectivity index (χ2v) is 7.20. The van der Waals surface area contributed by atoms with E-state index in [-0.39, 0.29) is 5.43 Å². The molecule has 0 aliphatic carbocycles. The largest absolute Gasteiger partial charge is 0.439 e. The molecule has 1 amide bonds. The van der Waals surface area contributed by atoms with E-state index >= 15 is 0 Å². The fraction of sp³-hybridized carbons (Fsp3) is 0.263. The molecule has 134 valence electrons. The number of nitrogens with zero attached hydrogens (tertiary/aromatic N) is 1. The first-order valence-corrected chi connectivity index (χ1v) is 9.40. The second kappa shape index (κ2) is 6.93. The van der Waals surface area contributed by atoms with Crippen LogP contribution in [0.3, 0.4) is 0 Å². The van der Waals surface area contributed by atoms with E-state index in [1.807, 2.05) is 5.38 Å². The van der Waals surface area contributed by atoms with Crippen LogP contribution in [-0.4, -0.2) is 24.2 Å². The van der Waals surface area contributed by atoms with E-state index in [2.05, 4.69) is 4.90 Å². The summed E-state index contributed by atoms with van der Waals surface area (Å²) in [4.78, 5) is 26.1. The van der Waals surface area contributed by atoms with Crippen molar-refractivity contribution < 1.29 is 14.4 Å². The number of amides is 1. The maximum Gasteiger partial charge on any atom is 0.274 e. The minimum atomic E-state index is -0.564. The molecular formula is C19H18N2O4S. The summed E-state index contributed by atoms with van der Waals surface area (Å²) in [6.45, 7) is 1.80. The van der Waals surface area contributed by atoms with Crippen LogP contribution in [0, 0.1) is 0 Å². The van der Waals surface area contributed by atoms with Gasteiger partial charge in [-0.25, -0.2) is 5.48 Å². The Bertz CT molecular complexity index is 1000. The smallest absolute Gasteiger partial charge is 0.274 e. The summed E-state index contributed by atoms with van der Waals surface area (Å²) < 4.78 is 6.72. The van der Waals surface area contributed by atoms with Crippen molar-refractivity contribution in [3.8, 4) is 11.1 Å². The second-order valence-electron chi connectivity index (χ2n) is 6.32. The molecule has 3 aromatic rings. The third kappa shape index (κ3) is 3.00. The average molecular weight is 370 g/mol. The quantitative estimate of drug-likeness (QED) is 0.543.